The maximum absolute atomic E-state index is 14.0. The average Bonchev–Trinajstić information content (AvgIpc) is 2.94. The van der Waals surface area contributed by atoms with Crippen molar-refractivity contribution in [1.29, 1.82) is 0 Å². The number of carbonyl (C=O) groups excluding carboxylic acids is 1. The topological polar surface area (TPSA) is 52.6 Å². The second kappa shape index (κ2) is 5.50. The highest BCUT2D eigenvalue weighted by atomic mass is 19.3. The van der Waals surface area contributed by atoms with Crippen molar-refractivity contribution in [3.05, 3.63) is 30.3 Å². The molecule has 6 heteroatoms. The third-order valence-corrected chi connectivity index (χ3v) is 4.70. The van der Waals surface area contributed by atoms with Crippen LogP contribution in [0.15, 0.2) is 30.3 Å². The van der Waals surface area contributed by atoms with E-state index >= 15 is 0 Å². The van der Waals surface area contributed by atoms with Crippen molar-refractivity contribution in [1.82, 2.24) is 5.32 Å². The van der Waals surface area contributed by atoms with E-state index in [4.69, 9.17) is 0 Å². The van der Waals surface area contributed by atoms with Gasteiger partial charge in [-0.3, -0.25) is 4.79 Å². The van der Waals surface area contributed by atoms with Crippen LogP contribution in [0.1, 0.15) is 25.7 Å². The summed E-state index contributed by atoms with van der Waals surface area (Å²) in [4.78, 5) is 13.9. The highest BCUT2D eigenvalue weighted by Gasteiger charge is 2.61. The number of nitrogens with zero attached hydrogens (tertiary/aromatic N) is 1. The quantitative estimate of drug-likeness (QED) is 0.893. The molecule has 1 unspecified atom stereocenters. The summed E-state index contributed by atoms with van der Waals surface area (Å²) in [6, 6.07) is 9.34. The van der Waals surface area contributed by atoms with E-state index in [0.717, 1.165) is 5.69 Å². The van der Waals surface area contributed by atoms with E-state index in [1.807, 2.05) is 30.3 Å². The molecule has 0 aromatic heterocycles. The van der Waals surface area contributed by atoms with E-state index in [-0.39, 0.29) is 18.9 Å². The van der Waals surface area contributed by atoms with Gasteiger partial charge in [0.2, 0.25) is 0 Å². The highest BCUT2D eigenvalue weighted by molar-refractivity contribution is 5.85. The summed E-state index contributed by atoms with van der Waals surface area (Å²) in [5.74, 6) is -5.07. The van der Waals surface area contributed by atoms with E-state index in [9.17, 15) is 18.7 Å². The minimum absolute atomic E-state index is 0.0196. The van der Waals surface area contributed by atoms with Gasteiger partial charge in [0.15, 0.2) is 0 Å². The molecule has 1 aromatic rings. The predicted octanol–water partition coefficient (Wildman–Crippen LogP) is 1.93. The van der Waals surface area contributed by atoms with Crippen molar-refractivity contribution < 1.29 is 18.7 Å². The Labute approximate surface area is 128 Å². The number of anilines is 1. The second-order valence-corrected chi connectivity index (χ2v) is 6.20. The molecule has 2 N–H and O–H groups in total. The van der Waals surface area contributed by atoms with Crippen molar-refractivity contribution in [3.63, 3.8) is 0 Å². The predicted molar refractivity (Wildman–Crippen MR) is 79.0 cm³/mol. The van der Waals surface area contributed by atoms with Crippen molar-refractivity contribution in [3.8, 4) is 0 Å². The van der Waals surface area contributed by atoms with Crippen LogP contribution < -0.4 is 10.2 Å². The first-order valence-corrected chi connectivity index (χ1v) is 7.63. The molecule has 1 heterocycles. The lowest BCUT2D eigenvalue weighted by molar-refractivity contribution is -0.216. The van der Waals surface area contributed by atoms with Gasteiger partial charge in [0.1, 0.15) is 5.60 Å². The third-order valence-electron chi connectivity index (χ3n) is 4.70. The van der Waals surface area contributed by atoms with Crippen molar-refractivity contribution >= 4 is 11.6 Å². The Morgan fingerprint density at radius 2 is 2.00 bits per heavy atom. The lowest BCUT2D eigenvalue weighted by atomic mass is 9.75. The SMILES string of the molecule is O=C(NC1CCN(c2ccccc2)C1)C(F)(F)C1(O)CCC1. The molecule has 1 aliphatic carbocycles. The molecule has 2 fully saturated rings. The van der Waals surface area contributed by atoms with Crippen LogP contribution in [0.3, 0.4) is 0 Å². The molecule has 0 radical (unpaired) electrons. The molecule has 120 valence electrons. The van der Waals surface area contributed by atoms with Crippen LogP contribution in [-0.4, -0.2) is 41.7 Å². The number of nitrogens with one attached hydrogen (secondary N) is 1. The summed E-state index contributed by atoms with van der Waals surface area (Å²) in [6.45, 7) is 1.22. The maximum Gasteiger partial charge on any atom is 0.352 e. The van der Waals surface area contributed by atoms with Crippen molar-refractivity contribution in [2.75, 3.05) is 18.0 Å². The fourth-order valence-corrected chi connectivity index (χ4v) is 3.06. The summed E-state index contributed by atoms with van der Waals surface area (Å²) in [7, 11) is 0. The van der Waals surface area contributed by atoms with Crippen LogP contribution in [0.2, 0.25) is 0 Å². The number of aliphatic hydroxyl groups is 1. The molecule has 4 nitrogen and oxygen atoms in total. The molecular formula is C16H20F2N2O2. The van der Waals surface area contributed by atoms with Crippen LogP contribution in [-0.2, 0) is 4.79 Å². The maximum atomic E-state index is 14.0. The summed E-state index contributed by atoms with van der Waals surface area (Å²) in [6.07, 6.45) is 1.11. The Morgan fingerprint density at radius 3 is 2.59 bits per heavy atom. The fourth-order valence-electron chi connectivity index (χ4n) is 3.06. The normalized spacial score (nSPS) is 24.0. The first-order valence-electron chi connectivity index (χ1n) is 7.63. The number of carbonyl (C=O) groups is 1. The molecule has 1 aliphatic heterocycles. The van der Waals surface area contributed by atoms with Crippen LogP contribution >= 0.6 is 0 Å². The van der Waals surface area contributed by atoms with Gasteiger partial charge in [0.25, 0.3) is 5.91 Å². The number of alkyl halides is 2. The van der Waals surface area contributed by atoms with Gasteiger partial charge in [-0.1, -0.05) is 18.2 Å². The second-order valence-electron chi connectivity index (χ2n) is 6.20. The smallest absolute Gasteiger partial charge is 0.352 e. The number of benzene rings is 1. The number of amides is 1. The zero-order valence-corrected chi connectivity index (χ0v) is 12.3. The van der Waals surface area contributed by atoms with Crippen LogP contribution in [0.25, 0.3) is 0 Å². The molecular weight excluding hydrogens is 290 g/mol. The highest BCUT2D eigenvalue weighted by Crippen LogP contribution is 2.44. The van der Waals surface area contributed by atoms with Crippen LogP contribution in [0.4, 0.5) is 14.5 Å². The third kappa shape index (κ3) is 2.56. The number of rotatable bonds is 4. The molecule has 2 aliphatic rings. The Hall–Kier alpha value is -1.69. The Bertz CT molecular complexity index is 546. The van der Waals surface area contributed by atoms with E-state index in [0.29, 0.717) is 25.9 Å². The summed E-state index contributed by atoms with van der Waals surface area (Å²) in [5, 5.41) is 12.2. The number of halogens is 2. The first kappa shape index (κ1) is 15.2. The lowest BCUT2D eigenvalue weighted by Crippen LogP contribution is -2.61. The molecule has 0 spiro atoms. The molecule has 1 saturated heterocycles. The Morgan fingerprint density at radius 1 is 1.32 bits per heavy atom. The molecule has 22 heavy (non-hydrogen) atoms. The van der Waals surface area contributed by atoms with Gasteiger partial charge < -0.3 is 15.3 Å². The van der Waals surface area contributed by atoms with Gasteiger partial charge >= 0.3 is 5.92 Å². The molecule has 0 bridgehead atoms. The van der Waals surface area contributed by atoms with Gasteiger partial charge in [-0.05, 0) is 37.8 Å². The molecule has 1 amide bonds. The average molecular weight is 310 g/mol. The zero-order chi connectivity index (χ0) is 15.8. The number of hydrogen-bond acceptors (Lipinski definition) is 3. The minimum Gasteiger partial charge on any atom is -0.383 e. The lowest BCUT2D eigenvalue weighted by Gasteiger charge is -2.41. The Balaban J connectivity index is 1.59. The minimum atomic E-state index is -3.72. The molecule has 1 saturated carbocycles. The largest absolute Gasteiger partial charge is 0.383 e. The van der Waals surface area contributed by atoms with Crippen LogP contribution in [0.5, 0.6) is 0 Å². The fraction of sp³-hybridized carbons (Fsp3) is 0.562. The van der Waals surface area contributed by atoms with Crippen molar-refractivity contribution in [2.24, 2.45) is 0 Å². The van der Waals surface area contributed by atoms with E-state index in [2.05, 4.69) is 10.2 Å². The number of hydrogen-bond donors (Lipinski definition) is 2. The van der Waals surface area contributed by atoms with Gasteiger partial charge in [0, 0.05) is 24.8 Å². The number of para-hydroxylation sites is 1. The van der Waals surface area contributed by atoms with E-state index in [1.165, 1.54) is 0 Å². The first-order chi connectivity index (χ1) is 10.4. The molecule has 1 aromatic carbocycles. The standard InChI is InChI=1S/C16H20F2N2O2/c17-16(18,15(22)8-4-9-15)14(21)19-12-7-10-20(11-12)13-5-2-1-3-6-13/h1-3,5-6,12,22H,4,7-11H2,(H,19,21). The van der Waals surface area contributed by atoms with Crippen LogP contribution in [0, 0.1) is 0 Å². The monoisotopic (exact) mass is 310 g/mol. The summed E-state index contributed by atoms with van der Waals surface area (Å²) >= 11 is 0. The molecule has 3 rings (SSSR count). The van der Waals surface area contributed by atoms with Gasteiger partial charge in [-0.25, -0.2) is 0 Å². The van der Waals surface area contributed by atoms with Gasteiger partial charge in [-0.15, -0.1) is 0 Å². The summed E-state index contributed by atoms with van der Waals surface area (Å²) in [5.41, 5.74) is -1.14. The van der Waals surface area contributed by atoms with Gasteiger partial charge in [-0.2, -0.15) is 8.78 Å². The van der Waals surface area contributed by atoms with E-state index in [1.54, 1.807) is 0 Å². The molecule has 1 atom stereocenters. The zero-order valence-electron chi connectivity index (χ0n) is 12.3. The van der Waals surface area contributed by atoms with E-state index < -0.39 is 17.4 Å². The van der Waals surface area contributed by atoms with Crippen molar-refractivity contribution in [2.45, 2.75) is 43.2 Å². The van der Waals surface area contributed by atoms with Gasteiger partial charge in [0.05, 0.1) is 0 Å². The Kier molecular flexibility index (Phi) is 3.80. The summed E-state index contributed by atoms with van der Waals surface area (Å²) < 4.78 is 28.1.